The molecule has 0 bridgehead atoms. The fraction of sp³-hybridized carbons (Fsp3) is 0.480. The monoisotopic (exact) mass is 421 g/mol. The van der Waals surface area contributed by atoms with Gasteiger partial charge < -0.3 is 14.5 Å². The summed E-state index contributed by atoms with van der Waals surface area (Å²) >= 11 is 0. The van der Waals surface area contributed by atoms with E-state index >= 15 is 0 Å². The highest BCUT2D eigenvalue weighted by atomic mass is 16.5. The topological polar surface area (TPSA) is 62.7 Å². The van der Waals surface area contributed by atoms with Gasteiger partial charge in [0.15, 0.2) is 0 Å². The number of hydrogen-bond donors (Lipinski definition) is 0. The third kappa shape index (κ3) is 5.84. The van der Waals surface area contributed by atoms with Gasteiger partial charge >= 0.3 is 0 Å². The molecule has 0 atom stereocenters. The molecule has 1 aliphatic heterocycles. The summed E-state index contributed by atoms with van der Waals surface area (Å²) in [5.41, 5.74) is 1.58. The average molecular weight is 422 g/mol. The van der Waals surface area contributed by atoms with E-state index in [1.165, 1.54) is 32.1 Å². The summed E-state index contributed by atoms with van der Waals surface area (Å²) in [7, 11) is 0. The van der Waals surface area contributed by atoms with Crippen LogP contribution in [-0.4, -0.2) is 59.4 Å². The van der Waals surface area contributed by atoms with Gasteiger partial charge in [-0.1, -0.05) is 25.3 Å². The molecule has 0 unspecified atom stereocenters. The second kappa shape index (κ2) is 10.4. The molecule has 0 radical (unpaired) electrons. The van der Waals surface area contributed by atoms with Crippen molar-refractivity contribution in [2.45, 2.75) is 38.5 Å². The Kier molecular flexibility index (Phi) is 7.18. The summed E-state index contributed by atoms with van der Waals surface area (Å²) in [6, 6.07) is 11.2. The van der Waals surface area contributed by atoms with Crippen molar-refractivity contribution in [3.8, 4) is 5.75 Å². The van der Waals surface area contributed by atoms with Gasteiger partial charge in [-0.2, -0.15) is 0 Å². The molecule has 1 aromatic carbocycles. The standard InChI is InChI=1S/C25H31N3O3/c29-24(17-21-7-4-12-26-18-21)27-13-15-28(16-14-27)25(30)22-8-10-23(11-9-22)31-19-20-5-2-1-3-6-20/h4,7-12,18,20H,1-3,5-6,13-17,19H2. The van der Waals surface area contributed by atoms with E-state index in [0.29, 0.717) is 44.1 Å². The van der Waals surface area contributed by atoms with Crippen LogP contribution < -0.4 is 4.74 Å². The van der Waals surface area contributed by atoms with Gasteiger partial charge in [-0.25, -0.2) is 0 Å². The number of benzene rings is 1. The van der Waals surface area contributed by atoms with Crippen molar-refractivity contribution in [3.63, 3.8) is 0 Å². The molecule has 2 aliphatic rings. The smallest absolute Gasteiger partial charge is 0.253 e. The Labute approximate surface area is 184 Å². The maximum absolute atomic E-state index is 12.9. The normalized spacial score (nSPS) is 17.4. The second-order valence-corrected chi connectivity index (χ2v) is 8.55. The van der Waals surface area contributed by atoms with Crippen LogP contribution in [0, 0.1) is 5.92 Å². The van der Waals surface area contributed by atoms with Crippen LogP contribution in [0.4, 0.5) is 0 Å². The lowest BCUT2D eigenvalue weighted by molar-refractivity contribution is -0.131. The first kappa shape index (κ1) is 21.3. The Morgan fingerprint density at radius 3 is 2.32 bits per heavy atom. The third-order valence-corrected chi connectivity index (χ3v) is 6.31. The first-order valence-electron chi connectivity index (χ1n) is 11.4. The van der Waals surface area contributed by atoms with Crippen molar-refractivity contribution in [2.75, 3.05) is 32.8 Å². The molecule has 1 aliphatic carbocycles. The van der Waals surface area contributed by atoms with Crippen LogP contribution in [0.15, 0.2) is 48.8 Å². The maximum Gasteiger partial charge on any atom is 0.253 e. The van der Waals surface area contributed by atoms with Crippen molar-refractivity contribution in [1.82, 2.24) is 14.8 Å². The Hall–Kier alpha value is -2.89. The van der Waals surface area contributed by atoms with E-state index in [9.17, 15) is 9.59 Å². The molecule has 0 spiro atoms. The van der Waals surface area contributed by atoms with Crippen molar-refractivity contribution in [3.05, 3.63) is 59.9 Å². The number of piperazine rings is 1. The Balaban J connectivity index is 1.24. The number of carbonyl (C=O) groups is 2. The van der Waals surface area contributed by atoms with E-state index in [0.717, 1.165) is 17.9 Å². The van der Waals surface area contributed by atoms with Crippen molar-refractivity contribution >= 4 is 11.8 Å². The van der Waals surface area contributed by atoms with Crippen molar-refractivity contribution in [2.24, 2.45) is 5.92 Å². The molecular formula is C25H31N3O3. The molecule has 4 rings (SSSR count). The number of nitrogens with zero attached hydrogens (tertiary/aromatic N) is 3. The zero-order chi connectivity index (χ0) is 21.5. The molecule has 1 aromatic heterocycles. The number of ether oxygens (including phenoxy) is 1. The quantitative estimate of drug-likeness (QED) is 0.715. The predicted octanol–water partition coefficient (Wildman–Crippen LogP) is 3.57. The van der Waals surface area contributed by atoms with Gasteiger partial charge in [-0.3, -0.25) is 14.6 Å². The van der Waals surface area contributed by atoms with E-state index in [2.05, 4.69) is 4.98 Å². The summed E-state index contributed by atoms with van der Waals surface area (Å²) in [4.78, 5) is 33.1. The van der Waals surface area contributed by atoms with E-state index in [1.807, 2.05) is 46.2 Å². The molecule has 164 valence electrons. The highest BCUT2D eigenvalue weighted by Gasteiger charge is 2.25. The SMILES string of the molecule is O=C(Cc1cccnc1)N1CCN(C(=O)c2ccc(OCC3CCCCC3)cc2)CC1. The lowest BCUT2D eigenvalue weighted by Gasteiger charge is -2.35. The number of hydrogen-bond acceptors (Lipinski definition) is 4. The Morgan fingerprint density at radius 2 is 1.65 bits per heavy atom. The van der Waals surface area contributed by atoms with Crippen molar-refractivity contribution < 1.29 is 14.3 Å². The molecule has 6 nitrogen and oxygen atoms in total. The van der Waals surface area contributed by atoms with Gasteiger partial charge in [0, 0.05) is 44.1 Å². The van der Waals surface area contributed by atoms with E-state index in [4.69, 9.17) is 4.74 Å². The molecule has 6 heteroatoms. The third-order valence-electron chi connectivity index (χ3n) is 6.31. The van der Waals surface area contributed by atoms with E-state index in [1.54, 1.807) is 12.4 Å². The molecule has 0 N–H and O–H groups in total. The fourth-order valence-electron chi connectivity index (χ4n) is 4.39. The van der Waals surface area contributed by atoms with Gasteiger partial charge in [-0.15, -0.1) is 0 Å². The Bertz CT molecular complexity index is 855. The molecule has 1 saturated carbocycles. The van der Waals surface area contributed by atoms with Crippen LogP contribution in [0.1, 0.15) is 48.0 Å². The summed E-state index contributed by atoms with van der Waals surface area (Å²) < 4.78 is 5.94. The number of rotatable bonds is 6. The number of pyridine rings is 1. The van der Waals surface area contributed by atoms with E-state index < -0.39 is 0 Å². The van der Waals surface area contributed by atoms with Gasteiger partial charge in [0.2, 0.25) is 5.91 Å². The molecule has 2 aromatic rings. The molecule has 1 saturated heterocycles. The highest BCUT2D eigenvalue weighted by Crippen LogP contribution is 2.25. The molecule has 31 heavy (non-hydrogen) atoms. The maximum atomic E-state index is 12.9. The first-order chi connectivity index (χ1) is 15.2. The minimum Gasteiger partial charge on any atom is -0.493 e. The van der Waals surface area contributed by atoms with Gasteiger partial charge in [0.25, 0.3) is 5.91 Å². The van der Waals surface area contributed by atoms with Gasteiger partial charge in [0.05, 0.1) is 13.0 Å². The molecule has 2 heterocycles. The number of aromatic nitrogens is 1. The van der Waals surface area contributed by atoms with E-state index in [-0.39, 0.29) is 11.8 Å². The summed E-state index contributed by atoms with van der Waals surface area (Å²) in [5.74, 6) is 1.58. The lowest BCUT2D eigenvalue weighted by Crippen LogP contribution is -2.51. The minimum absolute atomic E-state index is 0.0122. The highest BCUT2D eigenvalue weighted by molar-refractivity contribution is 5.94. The summed E-state index contributed by atoms with van der Waals surface area (Å²) in [6.45, 7) is 3.00. The van der Waals surface area contributed by atoms with Crippen LogP contribution in [-0.2, 0) is 11.2 Å². The average Bonchev–Trinajstić information content (AvgIpc) is 2.84. The van der Waals surface area contributed by atoms with Crippen LogP contribution in [0.3, 0.4) is 0 Å². The summed E-state index contributed by atoms with van der Waals surface area (Å²) in [6.07, 6.45) is 10.3. The van der Waals surface area contributed by atoms with Crippen LogP contribution in [0.25, 0.3) is 0 Å². The predicted molar refractivity (Wildman–Crippen MR) is 119 cm³/mol. The van der Waals surface area contributed by atoms with Crippen LogP contribution >= 0.6 is 0 Å². The lowest BCUT2D eigenvalue weighted by atomic mass is 9.90. The van der Waals surface area contributed by atoms with Crippen LogP contribution in [0.2, 0.25) is 0 Å². The van der Waals surface area contributed by atoms with Gasteiger partial charge in [-0.05, 0) is 54.7 Å². The largest absolute Gasteiger partial charge is 0.493 e. The molecule has 2 fully saturated rings. The Morgan fingerprint density at radius 1 is 0.935 bits per heavy atom. The van der Waals surface area contributed by atoms with Gasteiger partial charge in [0.1, 0.15) is 5.75 Å². The van der Waals surface area contributed by atoms with Crippen molar-refractivity contribution in [1.29, 1.82) is 0 Å². The second-order valence-electron chi connectivity index (χ2n) is 8.55. The zero-order valence-corrected chi connectivity index (χ0v) is 18.0. The number of amides is 2. The van der Waals surface area contributed by atoms with Crippen LogP contribution in [0.5, 0.6) is 5.75 Å². The molecule has 2 amide bonds. The first-order valence-corrected chi connectivity index (χ1v) is 11.4. The zero-order valence-electron chi connectivity index (χ0n) is 18.0. The molecular weight excluding hydrogens is 390 g/mol. The number of carbonyl (C=O) groups excluding carboxylic acids is 2. The summed E-state index contributed by atoms with van der Waals surface area (Å²) in [5, 5.41) is 0. The minimum atomic E-state index is 0.0122. The fourth-order valence-corrected chi connectivity index (χ4v) is 4.39.